The van der Waals surface area contributed by atoms with E-state index in [1.807, 2.05) is 20.8 Å². The fraction of sp³-hybridized carbons (Fsp3) is 0.611. The summed E-state index contributed by atoms with van der Waals surface area (Å²) in [5, 5.41) is 14.9. The van der Waals surface area contributed by atoms with Crippen molar-refractivity contribution in [3.63, 3.8) is 0 Å². The topological polar surface area (TPSA) is 65.8 Å². The molecule has 1 N–H and O–H groups in total. The number of alkyl halides is 3. The SMILES string of the molecule is CC(C)(C)[C@@H]1CCC2=NN(C(=O)c3cccnc3)[C@](O)(C(F)(F)F)[C@H]2C1. The number of hydrogen-bond donors (Lipinski definition) is 1. The van der Waals surface area contributed by atoms with E-state index in [1.54, 1.807) is 0 Å². The van der Waals surface area contributed by atoms with Gasteiger partial charge in [0.05, 0.1) is 11.5 Å². The Morgan fingerprint density at radius 3 is 2.58 bits per heavy atom. The standard InChI is InChI=1S/C18H22F3N3O2/c1-16(2,3)12-6-7-14-13(9-12)17(26,18(19,20)21)24(23-14)15(25)11-5-4-8-22-10-11/h4-5,8,10,12-13,26H,6-7,9H2,1-3H3/t12-,13+,17-/m1/s1. The van der Waals surface area contributed by atoms with Crippen LogP contribution in [0.2, 0.25) is 0 Å². The van der Waals surface area contributed by atoms with Gasteiger partial charge in [0.1, 0.15) is 0 Å². The second-order valence-corrected chi connectivity index (χ2v) is 8.06. The van der Waals surface area contributed by atoms with Gasteiger partial charge in [0.15, 0.2) is 0 Å². The highest BCUT2D eigenvalue weighted by Gasteiger charge is 2.69. The molecule has 142 valence electrons. The molecule has 1 aliphatic carbocycles. The minimum atomic E-state index is -5.03. The van der Waals surface area contributed by atoms with Crippen LogP contribution in [0.5, 0.6) is 0 Å². The first-order chi connectivity index (χ1) is 12.0. The molecular formula is C18H22F3N3O2. The summed E-state index contributed by atoms with van der Waals surface area (Å²) < 4.78 is 41.8. The van der Waals surface area contributed by atoms with Crippen LogP contribution in [0.1, 0.15) is 50.4 Å². The van der Waals surface area contributed by atoms with Crippen molar-refractivity contribution in [2.75, 3.05) is 0 Å². The van der Waals surface area contributed by atoms with Crippen LogP contribution in [-0.2, 0) is 0 Å². The van der Waals surface area contributed by atoms with Crippen molar-refractivity contribution in [1.29, 1.82) is 0 Å². The number of carbonyl (C=O) groups is 1. The number of hydrazone groups is 1. The van der Waals surface area contributed by atoms with Crippen LogP contribution in [0.25, 0.3) is 0 Å². The van der Waals surface area contributed by atoms with Gasteiger partial charge in [-0.05, 0) is 42.7 Å². The molecule has 2 heterocycles. The van der Waals surface area contributed by atoms with Crippen LogP contribution in [0.3, 0.4) is 0 Å². The Morgan fingerprint density at radius 1 is 1.35 bits per heavy atom. The lowest BCUT2D eigenvalue weighted by molar-refractivity contribution is -0.314. The van der Waals surface area contributed by atoms with E-state index in [1.165, 1.54) is 24.5 Å². The van der Waals surface area contributed by atoms with E-state index in [2.05, 4.69) is 10.1 Å². The van der Waals surface area contributed by atoms with Crippen LogP contribution < -0.4 is 0 Å². The largest absolute Gasteiger partial charge is 0.439 e. The number of fused-ring (bicyclic) bond motifs is 1. The average molecular weight is 369 g/mol. The molecule has 26 heavy (non-hydrogen) atoms. The van der Waals surface area contributed by atoms with E-state index in [0.29, 0.717) is 12.8 Å². The molecule has 1 saturated carbocycles. The van der Waals surface area contributed by atoms with Crippen molar-refractivity contribution in [2.24, 2.45) is 22.4 Å². The van der Waals surface area contributed by atoms with Gasteiger partial charge in [-0.2, -0.15) is 23.3 Å². The Balaban J connectivity index is 2.01. The maximum absolute atomic E-state index is 13.9. The molecule has 0 aromatic carbocycles. The van der Waals surface area contributed by atoms with Gasteiger partial charge in [0.25, 0.3) is 11.6 Å². The Labute approximate surface area is 149 Å². The summed E-state index contributed by atoms with van der Waals surface area (Å²) in [5.41, 5.74) is -3.34. The van der Waals surface area contributed by atoms with E-state index in [9.17, 15) is 23.1 Å². The van der Waals surface area contributed by atoms with Crippen LogP contribution >= 0.6 is 0 Å². The van der Waals surface area contributed by atoms with Crippen molar-refractivity contribution in [3.8, 4) is 0 Å². The fourth-order valence-electron chi connectivity index (χ4n) is 3.82. The van der Waals surface area contributed by atoms with E-state index >= 15 is 0 Å². The third kappa shape index (κ3) is 2.90. The minimum absolute atomic E-state index is 0.00577. The van der Waals surface area contributed by atoms with E-state index in [4.69, 9.17) is 0 Å². The number of amides is 1. The molecule has 3 atom stereocenters. The highest BCUT2D eigenvalue weighted by molar-refractivity contribution is 5.99. The average Bonchev–Trinajstić information content (AvgIpc) is 2.88. The number of nitrogens with zero attached hydrogens (tertiary/aromatic N) is 3. The van der Waals surface area contributed by atoms with Crippen LogP contribution in [0.15, 0.2) is 29.6 Å². The van der Waals surface area contributed by atoms with Crippen molar-refractivity contribution in [2.45, 2.75) is 51.9 Å². The second-order valence-electron chi connectivity index (χ2n) is 8.06. The first-order valence-electron chi connectivity index (χ1n) is 8.57. The molecule has 2 aliphatic rings. The summed E-state index contributed by atoms with van der Waals surface area (Å²) in [4.78, 5) is 16.4. The number of carbonyl (C=O) groups excluding carboxylic acids is 1. The summed E-state index contributed by atoms with van der Waals surface area (Å²) >= 11 is 0. The number of rotatable bonds is 1. The summed E-state index contributed by atoms with van der Waals surface area (Å²) in [6, 6.07) is 2.80. The molecule has 0 unspecified atom stereocenters. The van der Waals surface area contributed by atoms with Crippen LogP contribution in [0, 0.1) is 17.3 Å². The van der Waals surface area contributed by atoms with Crippen molar-refractivity contribution < 1.29 is 23.1 Å². The molecule has 0 spiro atoms. The zero-order valence-electron chi connectivity index (χ0n) is 14.9. The zero-order valence-corrected chi connectivity index (χ0v) is 14.9. The Bertz CT molecular complexity index is 727. The quantitative estimate of drug-likeness (QED) is 0.822. The molecule has 1 aromatic rings. The smallest absolute Gasteiger partial charge is 0.362 e. The lowest BCUT2D eigenvalue weighted by Crippen LogP contribution is -2.62. The Morgan fingerprint density at radius 2 is 2.04 bits per heavy atom. The van der Waals surface area contributed by atoms with E-state index in [-0.39, 0.29) is 34.0 Å². The van der Waals surface area contributed by atoms with Crippen molar-refractivity contribution >= 4 is 11.6 Å². The van der Waals surface area contributed by atoms with Gasteiger partial charge in [0, 0.05) is 18.1 Å². The highest BCUT2D eigenvalue weighted by atomic mass is 19.4. The molecule has 1 aromatic heterocycles. The number of pyridine rings is 1. The molecule has 8 heteroatoms. The molecular weight excluding hydrogens is 347 g/mol. The number of hydrogen-bond acceptors (Lipinski definition) is 4. The summed E-state index contributed by atoms with van der Waals surface area (Å²) in [7, 11) is 0. The van der Waals surface area contributed by atoms with Gasteiger partial charge in [-0.3, -0.25) is 9.78 Å². The summed E-state index contributed by atoms with van der Waals surface area (Å²) in [5.74, 6) is -2.26. The van der Waals surface area contributed by atoms with Gasteiger partial charge < -0.3 is 5.11 Å². The third-order valence-electron chi connectivity index (χ3n) is 5.45. The van der Waals surface area contributed by atoms with Gasteiger partial charge in [-0.25, -0.2) is 0 Å². The van der Waals surface area contributed by atoms with Gasteiger partial charge in [-0.15, -0.1) is 0 Å². The summed E-state index contributed by atoms with van der Waals surface area (Å²) in [6.45, 7) is 5.92. The number of aromatic nitrogens is 1. The lowest BCUT2D eigenvalue weighted by Gasteiger charge is -2.42. The van der Waals surface area contributed by atoms with Crippen LogP contribution in [-0.4, -0.2) is 38.6 Å². The number of halogens is 3. The van der Waals surface area contributed by atoms with Gasteiger partial charge in [-0.1, -0.05) is 20.8 Å². The second kappa shape index (κ2) is 6.04. The fourth-order valence-corrected chi connectivity index (χ4v) is 3.82. The molecule has 0 radical (unpaired) electrons. The highest BCUT2D eigenvalue weighted by Crippen LogP contribution is 2.52. The Hall–Kier alpha value is -1.96. The lowest BCUT2D eigenvalue weighted by atomic mass is 9.66. The first-order valence-corrected chi connectivity index (χ1v) is 8.57. The van der Waals surface area contributed by atoms with Crippen LogP contribution in [0.4, 0.5) is 13.2 Å². The normalized spacial score (nSPS) is 29.3. The predicted molar refractivity (Wildman–Crippen MR) is 89.1 cm³/mol. The minimum Gasteiger partial charge on any atom is -0.362 e. The number of aliphatic hydroxyl groups is 1. The molecule has 5 nitrogen and oxygen atoms in total. The maximum Gasteiger partial charge on any atom is 0.439 e. The predicted octanol–water partition coefficient (Wildman–Crippen LogP) is 3.61. The third-order valence-corrected chi connectivity index (χ3v) is 5.45. The van der Waals surface area contributed by atoms with Gasteiger partial charge in [0.2, 0.25) is 0 Å². The Kier molecular flexibility index (Phi) is 4.37. The molecule has 0 bridgehead atoms. The van der Waals surface area contributed by atoms with E-state index < -0.39 is 23.7 Å². The van der Waals surface area contributed by atoms with E-state index in [0.717, 1.165) is 0 Å². The zero-order chi connectivity index (χ0) is 19.3. The molecule has 1 amide bonds. The molecule has 1 fully saturated rings. The molecule has 1 aliphatic heterocycles. The first kappa shape index (κ1) is 18.8. The summed E-state index contributed by atoms with van der Waals surface area (Å²) in [6.07, 6.45) is -1.30. The van der Waals surface area contributed by atoms with Crippen molar-refractivity contribution in [1.82, 2.24) is 9.99 Å². The monoisotopic (exact) mass is 369 g/mol. The van der Waals surface area contributed by atoms with Gasteiger partial charge >= 0.3 is 6.18 Å². The van der Waals surface area contributed by atoms with Crippen molar-refractivity contribution in [3.05, 3.63) is 30.1 Å². The maximum atomic E-state index is 13.9. The molecule has 3 rings (SSSR count). The molecule has 0 saturated heterocycles.